The van der Waals surface area contributed by atoms with Gasteiger partial charge in [0.25, 0.3) is 0 Å². The van der Waals surface area contributed by atoms with Crippen LogP contribution in [0.1, 0.15) is 32.1 Å². The number of hydrogen-bond donors (Lipinski definition) is 2. The number of halogens is 6. The number of aliphatic hydroxyl groups excluding tert-OH is 1. The van der Waals surface area contributed by atoms with Crippen LogP contribution in [-0.2, 0) is 4.74 Å². The SMILES string of the molecule is OC[C@H]1CC[C@@H](COCC2CC(C(F)(F)F)CC(C(F)(F)F)C2)NC1. The van der Waals surface area contributed by atoms with Gasteiger partial charge in [-0.3, -0.25) is 0 Å². The molecule has 148 valence electrons. The summed E-state index contributed by atoms with van der Waals surface area (Å²) in [6.45, 7) is 0.920. The van der Waals surface area contributed by atoms with Crippen molar-refractivity contribution in [3.8, 4) is 0 Å². The highest BCUT2D eigenvalue weighted by Crippen LogP contribution is 2.47. The van der Waals surface area contributed by atoms with Crippen LogP contribution < -0.4 is 5.32 Å². The van der Waals surface area contributed by atoms with E-state index in [1.807, 2.05) is 0 Å². The van der Waals surface area contributed by atoms with Crippen LogP contribution in [0.15, 0.2) is 0 Å². The molecule has 1 aliphatic heterocycles. The quantitative estimate of drug-likeness (QED) is 0.721. The first-order valence-corrected chi connectivity index (χ1v) is 8.65. The number of nitrogens with one attached hydrogen (secondary N) is 1. The summed E-state index contributed by atoms with van der Waals surface area (Å²) in [6.07, 6.45) is -9.10. The summed E-state index contributed by atoms with van der Waals surface area (Å²) in [7, 11) is 0. The molecule has 0 aromatic heterocycles. The summed E-state index contributed by atoms with van der Waals surface area (Å²) in [5.41, 5.74) is 0. The van der Waals surface area contributed by atoms with Gasteiger partial charge in [-0.2, -0.15) is 26.3 Å². The van der Waals surface area contributed by atoms with Crippen molar-refractivity contribution in [2.24, 2.45) is 23.7 Å². The molecule has 2 rings (SSSR count). The Balaban J connectivity index is 1.81. The second-order valence-corrected chi connectivity index (χ2v) is 7.32. The zero-order valence-corrected chi connectivity index (χ0v) is 13.9. The van der Waals surface area contributed by atoms with Crippen molar-refractivity contribution in [3.05, 3.63) is 0 Å². The summed E-state index contributed by atoms with van der Waals surface area (Å²) in [5.74, 6) is -4.38. The van der Waals surface area contributed by atoms with Crippen molar-refractivity contribution in [3.63, 3.8) is 0 Å². The Morgan fingerprint density at radius 2 is 1.44 bits per heavy atom. The summed E-state index contributed by atoms with van der Waals surface area (Å²) in [4.78, 5) is 0. The predicted molar refractivity (Wildman–Crippen MR) is 78.9 cm³/mol. The zero-order valence-electron chi connectivity index (χ0n) is 13.9. The van der Waals surface area contributed by atoms with Crippen LogP contribution in [0.5, 0.6) is 0 Å². The molecule has 1 heterocycles. The lowest BCUT2D eigenvalue weighted by atomic mass is 9.75. The molecule has 0 bridgehead atoms. The van der Waals surface area contributed by atoms with E-state index >= 15 is 0 Å². The Hall–Kier alpha value is -0.540. The van der Waals surface area contributed by atoms with Gasteiger partial charge in [-0.1, -0.05) is 0 Å². The topological polar surface area (TPSA) is 41.5 Å². The van der Waals surface area contributed by atoms with Crippen LogP contribution >= 0.6 is 0 Å². The molecule has 2 N–H and O–H groups in total. The first kappa shape index (κ1) is 20.8. The fraction of sp³-hybridized carbons (Fsp3) is 1.00. The number of hydrogen-bond acceptors (Lipinski definition) is 3. The summed E-state index contributed by atoms with van der Waals surface area (Å²) >= 11 is 0. The molecule has 0 aromatic rings. The van der Waals surface area contributed by atoms with Crippen molar-refractivity contribution in [2.45, 2.75) is 50.5 Å². The minimum absolute atomic E-state index is 0.0308. The maximum Gasteiger partial charge on any atom is 0.391 e. The lowest BCUT2D eigenvalue weighted by molar-refractivity contribution is -0.230. The third-order valence-corrected chi connectivity index (χ3v) is 5.28. The third kappa shape index (κ3) is 6.29. The molecule has 3 nitrogen and oxygen atoms in total. The minimum atomic E-state index is -4.60. The molecule has 9 heteroatoms. The van der Waals surface area contributed by atoms with Gasteiger partial charge >= 0.3 is 12.4 Å². The summed E-state index contributed by atoms with van der Waals surface area (Å²) in [6, 6.07) is 0.0308. The number of alkyl halides is 6. The van der Waals surface area contributed by atoms with Crippen molar-refractivity contribution in [1.29, 1.82) is 0 Å². The molecule has 0 radical (unpaired) electrons. The second-order valence-electron chi connectivity index (χ2n) is 7.32. The molecule has 1 saturated heterocycles. The molecule has 2 aliphatic rings. The summed E-state index contributed by atoms with van der Waals surface area (Å²) < 4.78 is 83.0. The fourth-order valence-corrected chi connectivity index (χ4v) is 3.76. The number of rotatable bonds is 5. The Labute approximate surface area is 143 Å². The largest absolute Gasteiger partial charge is 0.396 e. The first-order chi connectivity index (χ1) is 11.6. The van der Waals surface area contributed by atoms with Crippen LogP contribution in [0.4, 0.5) is 26.3 Å². The molecule has 2 fully saturated rings. The van der Waals surface area contributed by atoms with Gasteiger partial charge in [0.1, 0.15) is 0 Å². The van der Waals surface area contributed by atoms with E-state index < -0.39 is 36.5 Å². The minimum Gasteiger partial charge on any atom is -0.396 e. The van der Waals surface area contributed by atoms with Gasteiger partial charge in [0, 0.05) is 25.8 Å². The molecule has 4 atom stereocenters. The van der Waals surface area contributed by atoms with E-state index in [1.165, 1.54) is 0 Å². The molecule has 0 spiro atoms. The van der Waals surface area contributed by atoms with E-state index in [0.717, 1.165) is 12.8 Å². The van der Waals surface area contributed by atoms with Crippen LogP contribution in [-0.4, -0.2) is 49.9 Å². The zero-order chi connectivity index (χ0) is 18.7. The highest BCUT2D eigenvalue weighted by molar-refractivity contribution is 4.86. The van der Waals surface area contributed by atoms with E-state index in [2.05, 4.69) is 5.32 Å². The standard InChI is InChI=1S/C16H25F6NO2/c17-15(18,19)12-3-11(4-13(5-12)16(20,21)22)8-25-9-14-2-1-10(7-24)6-23-14/h10-14,23-24H,1-9H2/t10-,11?,12?,13?,14-/m0/s1. The van der Waals surface area contributed by atoms with Crippen molar-refractivity contribution >= 4 is 0 Å². The van der Waals surface area contributed by atoms with Crippen LogP contribution in [0, 0.1) is 23.7 Å². The van der Waals surface area contributed by atoms with Crippen molar-refractivity contribution < 1.29 is 36.2 Å². The Bertz CT molecular complexity index is 384. The lowest BCUT2D eigenvalue weighted by Crippen LogP contribution is -2.43. The highest BCUT2D eigenvalue weighted by atomic mass is 19.4. The molecular weight excluding hydrogens is 352 g/mol. The van der Waals surface area contributed by atoms with Gasteiger partial charge in [-0.25, -0.2) is 0 Å². The molecule has 1 aliphatic carbocycles. The van der Waals surface area contributed by atoms with Crippen LogP contribution in [0.25, 0.3) is 0 Å². The number of ether oxygens (including phenoxy) is 1. The summed E-state index contributed by atoms with van der Waals surface area (Å²) in [5, 5.41) is 12.2. The molecule has 25 heavy (non-hydrogen) atoms. The van der Waals surface area contributed by atoms with Crippen LogP contribution in [0.2, 0.25) is 0 Å². The van der Waals surface area contributed by atoms with Gasteiger partial charge in [-0.05, 0) is 43.9 Å². The van der Waals surface area contributed by atoms with Gasteiger partial charge in [0.15, 0.2) is 0 Å². The smallest absolute Gasteiger partial charge is 0.391 e. The fourth-order valence-electron chi connectivity index (χ4n) is 3.76. The van der Waals surface area contributed by atoms with Gasteiger partial charge in [0.05, 0.1) is 18.4 Å². The maximum absolute atomic E-state index is 12.9. The van der Waals surface area contributed by atoms with Crippen molar-refractivity contribution in [2.75, 3.05) is 26.4 Å². The van der Waals surface area contributed by atoms with Gasteiger partial charge in [0.2, 0.25) is 0 Å². The Kier molecular flexibility index (Phi) is 7.01. The Morgan fingerprint density at radius 1 is 0.840 bits per heavy atom. The average Bonchev–Trinajstić information content (AvgIpc) is 2.53. The molecule has 1 saturated carbocycles. The first-order valence-electron chi connectivity index (χ1n) is 8.65. The van der Waals surface area contributed by atoms with Crippen molar-refractivity contribution in [1.82, 2.24) is 5.32 Å². The lowest BCUT2D eigenvalue weighted by Gasteiger charge is -2.37. The van der Waals surface area contributed by atoms with Gasteiger partial charge in [-0.15, -0.1) is 0 Å². The molecule has 0 aromatic carbocycles. The second kappa shape index (κ2) is 8.43. The highest BCUT2D eigenvalue weighted by Gasteiger charge is 2.51. The predicted octanol–water partition coefficient (Wildman–Crippen LogP) is 3.52. The monoisotopic (exact) mass is 377 g/mol. The molecule has 0 amide bonds. The van der Waals surface area contributed by atoms with E-state index in [0.29, 0.717) is 6.54 Å². The van der Waals surface area contributed by atoms with E-state index in [9.17, 15) is 26.3 Å². The average molecular weight is 377 g/mol. The van der Waals surface area contributed by atoms with Crippen LogP contribution in [0.3, 0.4) is 0 Å². The molecular formula is C16H25F6NO2. The van der Waals surface area contributed by atoms with Gasteiger partial charge < -0.3 is 15.2 Å². The Morgan fingerprint density at radius 3 is 1.88 bits per heavy atom. The van der Waals surface area contributed by atoms with E-state index in [-0.39, 0.29) is 44.6 Å². The van der Waals surface area contributed by atoms with E-state index in [4.69, 9.17) is 9.84 Å². The number of piperidine rings is 1. The third-order valence-electron chi connectivity index (χ3n) is 5.28. The normalized spacial score (nSPS) is 34.9. The number of aliphatic hydroxyl groups is 1. The maximum atomic E-state index is 12.9. The van der Waals surface area contributed by atoms with E-state index in [1.54, 1.807) is 0 Å². The molecule has 2 unspecified atom stereocenters.